The van der Waals surface area contributed by atoms with Gasteiger partial charge in [0.25, 0.3) is 0 Å². The number of pyridine rings is 1. The Morgan fingerprint density at radius 1 is 1.09 bits per heavy atom. The van der Waals surface area contributed by atoms with Crippen LogP contribution in [0.15, 0.2) is 48.9 Å². The van der Waals surface area contributed by atoms with Crippen LogP contribution in [0.1, 0.15) is 60.9 Å². The summed E-state index contributed by atoms with van der Waals surface area (Å²) >= 11 is 0. The van der Waals surface area contributed by atoms with Crippen molar-refractivity contribution >= 4 is 40.0 Å². The van der Waals surface area contributed by atoms with E-state index in [4.69, 9.17) is 1.37 Å². The van der Waals surface area contributed by atoms with Gasteiger partial charge in [0.15, 0.2) is 11.4 Å². The third-order valence-electron chi connectivity index (χ3n) is 9.38. The summed E-state index contributed by atoms with van der Waals surface area (Å²) < 4.78 is 51.5. The molecule has 2 aliphatic rings. The Bertz CT molecular complexity index is 2210. The van der Waals surface area contributed by atoms with Crippen LogP contribution in [-0.2, 0) is 22.3 Å². The molecule has 10 nitrogen and oxygen atoms in total. The van der Waals surface area contributed by atoms with Gasteiger partial charge in [-0.25, -0.2) is 14.5 Å². The van der Waals surface area contributed by atoms with Gasteiger partial charge in [-0.05, 0) is 80.8 Å². The number of benzene rings is 1. The van der Waals surface area contributed by atoms with Gasteiger partial charge in [-0.3, -0.25) is 14.4 Å². The van der Waals surface area contributed by atoms with Crippen molar-refractivity contribution in [3.05, 3.63) is 77.0 Å². The van der Waals surface area contributed by atoms with E-state index in [9.17, 15) is 27.6 Å². The van der Waals surface area contributed by atoms with Crippen molar-refractivity contribution < 1.29 is 28.9 Å². The number of amides is 2. The van der Waals surface area contributed by atoms with Crippen molar-refractivity contribution in [3.63, 3.8) is 0 Å². The number of hydrogen-bond donors (Lipinski definition) is 1. The third kappa shape index (κ3) is 5.23. The fourth-order valence-electron chi connectivity index (χ4n) is 6.91. The van der Waals surface area contributed by atoms with Crippen LogP contribution in [0.2, 0.25) is 0 Å². The van der Waals surface area contributed by atoms with E-state index in [2.05, 4.69) is 20.4 Å². The van der Waals surface area contributed by atoms with Gasteiger partial charge in [0, 0.05) is 47.2 Å². The second-order valence-corrected chi connectivity index (χ2v) is 13.0. The highest BCUT2D eigenvalue weighted by molar-refractivity contribution is 6.09. The molecule has 1 aromatic carbocycles. The smallest absolute Gasteiger partial charge is 0.337 e. The molecular formula is C34H32F3N7O3. The number of Topliss-reactive ketones (excluding diaryl/α,β-unsaturated/α-hetero) is 1. The summed E-state index contributed by atoms with van der Waals surface area (Å²) in [5.41, 5.74) is 3.67. The number of aromatic nitrogens is 5. The van der Waals surface area contributed by atoms with E-state index in [1.54, 1.807) is 21.5 Å². The molecule has 242 valence electrons. The molecule has 0 bridgehead atoms. The number of carbonyl (C=O) groups excluding carboxylic acids is 3. The highest BCUT2D eigenvalue weighted by Crippen LogP contribution is 2.59. The number of anilines is 1. The molecule has 1 saturated carbocycles. The Balaban J connectivity index is 1.20. The van der Waals surface area contributed by atoms with Gasteiger partial charge in [0.05, 0.1) is 12.6 Å². The van der Waals surface area contributed by atoms with Gasteiger partial charge in [-0.1, -0.05) is 13.0 Å². The average molecular weight is 645 g/mol. The maximum atomic E-state index is 14.0. The lowest BCUT2D eigenvalue weighted by molar-refractivity contribution is -0.141. The van der Waals surface area contributed by atoms with Gasteiger partial charge >= 0.3 is 6.18 Å². The molecule has 47 heavy (non-hydrogen) atoms. The SMILES string of the molecule is [2H]c1cc(C)c(NC(=O)[C@@H]2C[C@@]3(C)C[C@H]3N2C(=O)Cn2cc(C(C)=O)c3cc(-c4cnc5cc(C)nn5c4)cc(C)c32)nc1C(F)(F)F. The summed E-state index contributed by atoms with van der Waals surface area (Å²) in [4.78, 5) is 50.0. The van der Waals surface area contributed by atoms with Crippen molar-refractivity contribution in [1.82, 2.24) is 29.0 Å². The molecule has 1 N–H and O–H groups in total. The summed E-state index contributed by atoms with van der Waals surface area (Å²) in [6.07, 6.45) is 1.46. The average Bonchev–Trinajstić information content (AvgIpc) is 3.26. The van der Waals surface area contributed by atoms with Crippen LogP contribution < -0.4 is 5.32 Å². The first-order valence-corrected chi connectivity index (χ1v) is 15.2. The summed E-state index contributed by atoms with van der Waals surface area (Å²) in [5.74, 6) is -1.46. The van der Waals surface area contributed by atoms with Crippen molar-refractivity contribution in [1.29, 1.82) is 0 Å². The van der Waals surface area contributed by atoms with E-state index in [-0.39, 0.29) is 41.1 Å². The maximum absolute atomic E-state index is 14.0. The van der Waals surface area contributed by atoms with Gasteiger partial charge in [0.2, 0.25) is 11.8 Å². The van der Waals surface area contributed by atoms with Crippen molar-refractivity contribution in [3.8, 4) is 11.1 Å². The van der Waals surface area contributed by atoms with Crippen LogP contribution in [0.4, 0.5) is 19.0 Å². The Hall–Kier alpha value is -5.07. The molecule has 5 aromatic rings. The molecule has 13 heteroatoms. The lowest BCUT2D eigenvalue weighted by Crippen LogP contribution is -2.46. The standard InChI is InChI=1S/C34H32F3N7O3/c1-17-6-7-26(34(35,36)37)39-31(17)40-32(47)25-11-33(5)12-27(33)44(25)29(46)16-42-15-24(20(4)45)23-10-21(8-18(2)30(23)42)22-13-38-28-9-19(3)41-43(28)14-22/h6-10,13-15,25,27H,11-12,16H2,1-5H3,(H,39,40,47)/t25-,27+,33-/m0/s1/i7D. The number of fused-ring (bicyclic) bond motifs is 3. The quantitative estimate of drug-likeness (QED) is 0.230. The molecule has 0 unspecified atom stereocenters. The number of nitrogens with zero attached hydrogens (tertiary/aromatic N) is 6. The molecule has 1 aliphatic carbocycles. The minimum absolute atomic E-state index is 0.149. The fourth-order valence-corrected chi connectivity index (χ4v) is 6.91. The molecule has 5 heterocycles. The Labute approximate surface area is 269 Å². The second kappa shape index (κ2) is 10.5. The number of halogens is 3. The molecule has 2 fully saturated rings. The number of rotatable bonds is 6. The number of piperidine rings is 1. The first kappa shape index (κ1) is 29.3. The van der Waals surface area contributed by atoms with Crippen molar-refractivity contribution in [2.75, 3.05) is 5.32 Å². The first-order chi connectivity index (χ1) is 22.5. The zero-order valence-corrected chi connectivity index (χ0v) is 26.4. The maximum Gasteiger partial charge on any atom is 0.433 e. The lowest BCUT2D eigenvalue weighted by atomic mass is 10.0. The van der Waals surface area contributed by atoms with Crippen molar-refractivity contribution in [2.24, 2.45) is 5.41 Å². The zero-order valence-electron chi connectivity index (χ0n) is 27.4. The predicted octanol–water partition coefficient (Wildman–Crippen LogP) is 5.91. The normalized spacial score (nSPS) is 20.9. The zero-order chi connectivity index (χ0) is 34.4. The van der Waals surface area contributed by atoms with Crippen LogP contribution in [-0.4, -0.2) is 58.7 Å². The van der Waals surface area contributed by atoms with Crippen LogP contribution in [0, 0.1) is 26.2 Å². The van der Waals surface area contributed by atoms with Gasteiger partial charge < -0.3 is 14.8 Å². The summed E-state index contributed by atoms with van der Waals surface area (Å²) in [5, 5.41) is 7.63. The van der Waals surface area contributed by atoms with Crippen molar-refractivity contribution in [2.45, 2.75) is 72.3 Å². The van der Waals surface area contributed by atoms with E-state index >= 15 is 0 Å². The molecule has 7 rings (SSSR count). The Morgan fingerprint density at radius 3 is 2.57 bits per heavy atom. The number of hydrogen-bond acceptors (Lipinski definition) is 6. The number of ketones is 1. The van der Waals surface area contributed by atoms with Gasteiger partial charge in [-0.15, -0.1) is 0 Å². The molecule has 1 aliphatic heterocycles. The van der Waals surface area contributed by atoms with Crippen LogP contribution in [0.25, 0.3) is 27.7 Å². The van der Waals surface area contributed by atoms with Crippen LogP contribution >= 0.6 is 0 Å². The monoisotopic (exact) mass is 644 g/mol. The highest BCUT2D eigenvalue weighted by atomic mass is 19.4. The largest absolute Gasteiger partial charge is 0.433 e. The highest BCUT2D eigenvalue weighted by Gasteiger charge is 2.64. The lowest BCUT2D eigenvalue weighted by Gasteiger charge is -2.27. The van der Waals surface area contributed by atoms with E-state index in [1.165, 1.54) is 18.7 Å². The Kier molecular flexibility index (Phi) is 6.54. The minimum atomic E-state index is -4.87. The van der Waals surface area contributed by atoms with E-state index in [1.807, 2.05) is 45.2 Å². The van der Waals surface area contributed by atoms with E-state index in [0.29, 0.717) is 35.0 Å². The second-order valence-electron chi connectivity index (χ2n) is 13.0. The van der Waals surface area contributed by atoms with Gasteiger partial charge in [0.1, 0.15) is 24.1 Å². The number of nitrogens with one attached hydrogen (secondary N) is 1. The van der Waals surface area contributed by atoms with E-state index < -0.39 is 29.9 Å². The molecule has 4 aromatic heterocycles. The molecule has 3 atom stereocenters. The van der Waals surface area contributed by atoms with Crippen LogP contribution in [0.5, 0.6) is 0 Å². The summed E-state index contributed by atoms with van der Waals surface area (Å²) in [6.45, 7) is 8.54. The minimum Gasteiger partial charge on any atom is -0.337 e. The van der Waals surface area contributed by atoms with E-state index in [0.717, 1.165) is 28.5 Å². The molecule has 2 amide bonds. The fraction of sp³-hybridized carbons (Fsp3) is 0.353. The molecular weight excluding hydrogens is 611 g/mol. The van der Waals surface area contributed by atoms with Gasteiger partial charge in [-0.2, -0.15) is 18.3 Å². The number of aryl methyl sites for hydroxylation is 3. The number of likely N-dealkylation sites (tertiary alicyclic amines) is 1. The summed E-state index contributed by atoms with van der Waals surface area (Å²) in [6, 6.07) is 4.82. The molecule has 0 radical (unpaired) electrons. The van der Waals surface area contributed by atoms with Crippen LogP contribution in [0.3, 0.4) is 0 Å². The third-order valence-corrected chi connectivity index (χ3v) is 9.38. The first-order valence-electron chi connectivity index (χ1n) is 15.7. The topological polar surface area (TPSA) is 114 Å². The number of carbonyl (C=O) groups is 3. The summed E-state index contributed by atoms with van der Waals surface area (Å²) in [7, 11) is 0. The Morgan fingerprint density at radius 2 is 1.85 bits per heavy atom. The molecule has 0 spiro atoms. The number of alkyl halides is 3. The molecule has 1 saturated heterocycles. The predicted molar refractivity (Wildman–Crippen MR) is 168 cm³/mol.